The molecule has 1 unspecified atom stereocenters. The Morgan fingerprint density at radius 3 is 2.31 bits per heavy atom. The normalized spacial score (nSPS) is 30.7. The monoisotopic (exact) mass is 423 g/mol. The largest absolute Gasteiger partial charge is 0.481 e. The molecule has 0 radical (unpaired) electrons. The molecule has 29 heavy (non-hydrogen) atoms. The van der Waals surface area contributed by atoms with Gasteiger partial charge in [0, 0.05) is 31.5 Å². The Hall–Kier alpha value is -1.84. The van der Waals surface area contributed by atoms with Crippen molar-refractivity contribution in [3.63, 3.8) is 0 Å². The van der Waals surface area contributed by atoms with E-state index in [-0.39, 0.29) is 44.8 Å². The van der Waals surface area contributed by atoms with Crippen molar-refractivity contribution in [1.29, 1.82) is 0 Å². The number of hydrogen-bond donors (Lipinski definition) is 1. The molecular weight excluding hydrogens is 395 g/mol. The zero-order valence-electron chi connectivity index (χ0n) is 17.0. The number of nitrogens with zero attached hydrogens (tertiary/aromatic N) is 1. The summed E-state index contributed by atoms with van der Waals surface area (Å²) in [5.41, 5.74) is -3.05. The molecular formula is C19H28F3NO6. The second kappa shape index (κ2) is 8.12. The highest BCUT2D eigenvalue weighted by molar-refractivity contribution is 5.83. The molecule has 2 rings (SSSR count). The van der Waals surface area contributed by atoms with Gasteiger partial charge < -0.3 is 19.5 Å². The number of hydrogen-bond acceptors (Lipinski definition) is 5. The number of esters is 1. The standard InChI is InChI=1S/C19H28F3NO6/c1-11-10-28-8-6-14(11)23(15(25)19(20,21)22)13-5-7-18(9-13,16(26)27)17(3,4)29-12(2)24/h11,13-14H,5-10H2,1-4H3,(H,26,27)/t11?,13-,14+,18-/m1/s1. The van der Waals surface area contributed by atoms with Crippen molar-refractivity contribution in [2.45, 2.75) is 77.2 Å². The first-order valence-corrected chi connectivity index (χ1v) is 9.63. The van der Waals surface area contributed by atoms with Crippen molar-refractivity contribution in [2.24, 2.45) is 11.3 Å². The summed E-state index contributed by atoms with van der Waals surface area (Å²) < 4.78 is 50.7. The van der Waals surface area contributed by atoms with Crippen molar-refractivity contribution in [2.75, 3.05) is 13.2 Å². The summed E-state index contributed by atoms with van der Waals surface area (Å²) in [6.07, 6.45) is -4.99. The van der Waals surface area contributed by atoms with Crippen LogP contribution in [0.1, 0.15) is 53.4 Å². The van der Waals surface area contributed by atoms with Crippen LogP contribution in [0.2, 0.25) is 0 Å². The van der Waals surface area contributed by atoms with Gasteiger partial charge in [0.15, 0.2) is 0 Å². The second-order valence-electron chi connectivity index (χ2n) is 8.51. The fourth-order valence-corrected chi connectivity index (χ4v) is 4.73. The molecule has 1 N–H and O–H groups in total. The third-order valence-electron chi connectivity index (χ3n) is 6.27. The van der Waals surface area contributed by atoms with E-state index in [0.717, 1.165) is 11.8 Å². The van der Waals surface area contributed by atoms with E-state index in [1.165, 1.54) is 13.8 Å². The van der Waals surface area contributed by atoms with Gasteiger partial charge in [-0.3, -0.25) is 14.4 Å². The lowest BCUT2D eigenvalue weighted by atomic mass is 9.71. The van der Waals surface area contributed by atoms with Crippen LogP contribution in [0.4, 0.5) is 13.2 Å². The summed E-state index contributed by atoms with van der Waals surface area (Å²) in [5, 5.41) is 9.94. The highest BCUT2D eigenvalue weighted by atomic mass is 19.4. The highest BCUT2D eigenvalue weighted by Gasteiger charge is 2.60. The smallest absolute Gasteiger partial charge is 0.471 e. The molecule has 1 saturated heterocycles. The van der Waals surface area contributed by atoms with E-state index in [0.29, 0.717) is 0 Å². The van der Waals surface area contributed by atoms with Crippen LogP contribution in [0.25, 0.3) is 0 Å². The van der Waals surface area contributed by atoms with Crippen LogP contribution in [0.15, 0.2) is 0 Å². The lowest BCUT2D eigenvalue weighted by Crippen LogP contribution is -2.57. The molecule has 1 aliphatic heterocycles. The fourth-order valence-electron chi connectivity index (χ4n) is 4.73. The van der Waals surface area contributed by atoms with E-state index in [2.05, 4.69) is 0 Å². The molecule has 4 atom stereocenters. The van der Waals surface area contributed by atoms with E-state index >= 15 is 0 Å². The summed E-state index contributed by atoms with van der Waals surface area (Å²) in [5.74, 6) is -4.23. The van der Waals surface area contributed by atoms with E-state index in [9.17, 15) is 32.7 Å². The average Bonchev–Trinajstić information content (AvgIpc) is 3.02. The third kappa shape index (κ3) is 4.51. The molecule has 0 aromatic rings. The molecule has 2 aliphatic rings. The van der Waals surface area contributed by atoms with Crippen LogP contribution in [0, 0.1) is 11.3 Å². The molecule has 0 spiro atoms. The number of amides is 1. The van der Waals surface area contributed by atoms with Crippen LogP contribution < -0.4 is 0 Å². The lowest BCUT2D eigenvalue weighted by Gasteiger charge is -2.44. The Kier molecular flexibility index (Phi) is 6.56. The van der Waals surface area contributed by atoms with Crippen LogP contribution in [-0.2, 0) is 23.9 Å². The molecule has 1 saturated carbocycles. The zero-order valence-corrected chi connectivity index (χ0v) is 17.0. The summed E-state index contributed by atoms with van der Waals surface area (Å²) >= 11 is 0. The minimum atomic E-state index is -5.07. The van der Waals surface area contributed by atoms with E-state index < -0.39 is 47.1 Å². The van der Waals surface area contributed by atoms with Crippen molar-refractivity contribution >= 4 is 17.8 Å². The van der Waals surface area contributed by atoms with Gasteiger partial charge in [-0.2, -0.15) is 13.2 Å². The number of carbonyl (C=O) groups excluding carboxylic acids is 2. The molecule has 166 valence electrons. The Morgan fingerprint density at radius 1 is 1.21 bits per heavy atom. The Balaban J connectivity index is 2.41. The van der Waals surface area contributed by atoms with E-state index in [1.54, 1.807) is 6.92 Å². The molecule has 1 amide bonds. The van der Waals surface area contributed by atoms with Crippen LogP contribution in [0.3, 0.4) is 0 Å². The van der Waals surface area contributed by atoms with Gasteiger partial charge in [-0.05, 0) is 39.5 Å². The van der Waals surface area contributed by atoms with Crippen LogP contribution in [0.5, 0.6) is 0 Å². The van der Waals surface area contributed by atoms with E-state index in [1.807, 2.05) is 0 Å². The maximum absolute atomic E-state index is 13.4. The number of halogens is 3. The number of carbonyl (C=O) groups is 3. The number of ether oxygens (including phenoxy) is 2. The summed E-state index contributed by atoms with van der Waals surface area (Å²) in [7, 11) is 0. The minimum absolute atomic E-state index is 0.00742. The Labute approximate surface area is 167 Å². The highest BCUT2D eigenvalue weighted by Crippen LogP contribution is 2.51. The van der Waals surface area contributed by atoms with Gasteiger partial charge in [-0.25, -0.2) is 0 Å². The van der Waals surface area contributed by atoms with Crippen LogP contribution >= 0.6 is 0 Å². The van der Waals surface area contributed by atoms with Gasteiger partial charge in [0.2, 0.25) is 0 Å². The first-order valence-electron chi connectivity index (χ1n) is 9.63. The Bertz CT molecular complexity index is 665. The maximum Gasteiger partial charge on any atom is 0.471 e. The molecule has 10 heteroatoms. The molecule has 1 heterocycles. The fraction of sp³-hybridized carbons (Fsp3) is 0.842. The average molecular weight is 423 g/mol. The second-order valence-corrected chi connectivity index (χ2v) is 8.51. The van der Waals surface area contributed by atoms with Gasteiger partial charge in [-0.1, -0.05) is 6.92 Å². The number of alkyl halides is 3. The number of aliphatic carboxylic acids is 1. The van der Waals surface area contributed by atoms with Gasteiger partial charge >= 0.3 is 24.0 Å². The maximum atomic E-state index is 13.4. The number of carboxylic acids is 1. The molecule has 0 aromatic heterocycles. The topological polar surface area (TPSA) is 93.1 Å². The zero-order chi connectivity index (χ0) is 22.2. The van der Waals surface area contributed by atoms with Crippen molar-refractivity contribution in [3.05, 3.63) is 0 Å². The van der Waals surface area contributed by atoms with Gasteiger partial charge in [0.25, 0.3) is 0 Å². The number of carboxylic acid groups (broad SMARTS) is 1. The van der Waals surface area contributed by atoms with Gasteiger partial charge in [0.1, 0.15) is 11.0 Å². The van der Waals surface area contributed by atoms with Crippen LogP contribution in [-0.4, -0.2) is 64.9 Å². The van der Waals surface area contributed by atoms with Gasteiger partial charge in [0.05, 0.1) is 6.61 Å². The quantitative estimate of drug-likeness (QED) is 0.684. The molecule has 7 nitrogen and oxygen atoms in total. The number of rotatable bonds is 5. The summed E-state index contributed by atoms with van der Waals surface area (Å²) in [6.45, 7) is 6.19. The lowest BCUT2D eigenvalue weighted by molar-refractivity contribution is -0.195. The van der Waals surface area contributed by atoms with Crippen molar-refractivity contribution in [3.8, 4) is 0 Å². The SMILES string of the molecule is CC(=O)OC(C)(C)[C@]1(C(=O)O)CC[C@@H](N(C(=O)C(F)(F)F)[C@H]2CCOCC2C)C1. The third-order valence-corrected chi connectivity index (χ3v) is 6.27. The predicted octanol–water partition coefficient (Wildman–Crippen LogP) is 2.77. The minimum Gasteiger partial charge on any atom is -0.481 e. The van der Waals surface area contributed by atoms with Crippen molar-refractivity contribution < 1.29 is 42.1 Å². The first kappa shape index (κ1) is 23.4. The summed E-state index contributed by atoms with van der Waals surface area (Å²) in [4.78, 5) is 36.8. The molecule has 2 fully saturated rings. The molecule has 0 aromatic carbocycles. The first-order chi connectivity index (χ1) is 13.2. The molecule has 0 bridgehead atoms. The van der Waals surface area contributed by atoms with E-state index in [4.69, 9.17) is 9.47 Å². The molecule has 1 aliphatic carbocycles. The van der Waals surface area contributed by atoms with Crippen molar-refractivity contribution in [1.82, 2.24) is 4.90 Å². The summed E-state index contributed by atoms with van der Waals surface area (Å²) in [6, 6.07) is -1.63. The van der Waals surface area contributed by atoms with Gasteiger partial charge in [-0.15, -0.1) is 0 Å². The Morgan fingerprint density at radius 2 is 1.83 bits per heavy atom. The predicted molar refractivity (Wildman–Crippen MR) is 94.8 cm³/mol.